The number of nitrogens with one attached hydrogen (secondary N) is 3. The van der Waals surface area contributed by atoms with Crippen LogP contribution in [0.1, 0.15) is 12.5 Å². The van der Waals surface area contributed by atoms with E-state index in [9.17, 15) is 4.39 Å². The lowest BCUT2D eigenvalue weighted by molar-refractivity contribution is 0.628. The van der Waals surface area contributed by atoms with E-state index in [-0.39, 0.29) is 5.82 Å². The van der Waals surface area contributed by atoms with Crippen molar-refractivity contribution in [2.75, 3.05) is 11.1 Å². The van der Waals surface area contributed by atoms with Crippen LogP contribution in [-0.4, -0.2) is 26.6 Å². The normalized spacial score (nSPS) is 12.1. The average molecular weight is 325 g/mol. The predicted octanol–water partition coefficient (Wildman–Crippen LogP) is 2.65. The Bertz CT molecular complexity index is 912. The Labute approximate surface area is 137 Å². The highest BCUT2D eigenvalue weighted by molar-refractivity contribution is 5.82. The third-order valence-corrected chi connectivity index (χ3v) is 3.61. The second kappa shape index (κ2) is 6.45. The van der Waals surface area contributed by atoms with Crippen LogP contribution < -0.4 is 11.1 Å². The number of rotatable bonds is 5. The van der Waals surface area contributed by atoms with Gasteiger partial charge in [-0.2, -0.15) is 0 Å². The highest BCUT2D eigenvalue weighted by atomic mass is 19.1. The van der Waals surface area contributed by atoms with Crippen LogP contribution in [-0.2, 0) is 6.42 Å². The number of hydrogen-bond donors (Lipinski definition) is 4. The van der Waals surface area contributed by atoms with Crippen LogP contribution in [0.25, 0.3) is 11.2 Å². The number of benzene rings is 1. The predicted molar refractivity (Wildman–Crippen MR) is 91.3 cm³/mol. The van der Waals surface area contributed by atoms with Crippen molar-refractivity contribution in [1.29, 1.82) is 5.41 Å². The summed E-state index contributed by atoms with van der Waals surface area (Å²) in [4.78, 5) is 4.12. The van der Waals surface area contributed by atoms with Gasteiger partial charge in [-0.1, -0.05) is 5.21 Å². The second-order valence-electron chi connectivity index (χ2n) is 5.32. The monoisotopic (exact) mass is 325 g/mol. The second-order valence-corrected chi connectivity index (χ2v) is 5.32. The first kappa shape index (κ1) is 15.6. The number of aromatic amines is 1. The van der Waals surface area contributed by atoms with Gasteiger partial charge in [0.15, 0.2) is 5.65 Å². The maximum absolute atomic E-state index is 13.0. The van der Waals surface area contributed by atoms with Crippen molar-refractivity contribution in [2.45, 2.75) is 13.3 Å². The van der Waals surface area contributed by atoms with E-state index < -0.39 is 0 Å². The maximum atomic E-state index is 13.0. The minimum atomic E-state index is -0.296. The quantitative estimate of drug-likeness (QED) is 0.538. The Morgan fingerprint density at radius 2 is 2.12 bits per heavy atom. The Kier molecular flexibility index (Phi) is 4.19. The molecule has 8 heteroatoms. The number of hydrogen-bond acceptors (Lipinski definition) is 6. The zero-order chi connectivity index (χ0) is 17.1. The molecule has 3 aromatic rings. The Balaban J connectivity index is 1.91. The van der Waals surface area contributed by atoms with Crippen molar-refractivity contribution in [3.63, 3.8) is 0 Å². The van der Waals surface area contributed by atoms with Gasteiger partial charge in [-0.3, -0.25) is 0 Å². The van der Waals surface area contributed by atoms with E-state index in [0.717, 1.165) is 22.5 Å². The fourth-order valence-electron chi connectivity index (χ4n) is 2.39. The zero-order valence-corrected chi connectivity index (χ0v) is 13.0. The molecule has 0 aliphatic rings. The minimum Gasteiger partial charge on any atom is -0.384 e. The first-order chi connectivity index (χ1) is 11.6. The van der Waals surface area contributed by atoms with Crippen molar-refractivity contribution in [2.24, 2.45) is 0 Å². The topological polar surface area (TPSA) is 116 Å². The molecule has 122 valence electrons. The SMILES string of the molecule is C/C(Nc1ccc(F)cc1)=C(/C=N)Cc1cc(N)nc2[nH]nnc12. The summed E-state index contributed by atoms with van der Waals surface area (Å²) >= 11 is 0. The largest absolute Gasteiger partial charge is 0.384 e. The first-order valence-electron chi connectivity index (χ1n) is 7.26. The lowest BCUT2D eigenvalue weighted by atomic mass is 10.0. The van der Waals surface area contributed by atoms with E-state index >= 15 is 0 Å². The number of nitrogens with two attached hydrogens (primary N) is 1. The first-order valence-corrected chi connectivity index (χ1v) is 7.26. The van der Waals surface area contributed by atoms with Crippen LogP contribution in [0.2, 0.25) is 0 Å². The van der Waals surface area contributed by atoms with Gasteiger partial charge >= 0.3 is 0 Å². The van der Waals surface area contributed by atoms with Gasteiger partial charge in [0, 0.05) is 24.0 Å². The molecule has 2 heterocycles. The molecule has 3 rings (SSSR count). The van der Waals surface area contributed by atoms with Crippen LogP contribution in [0.3, 0.4) is 0 Å². The molecule has 0 bridgehead atoms. The van der Waals surface area contributed by atoms with Crippen molar-refractivity contribution in [1.82, 2.24) is 20.4 Å². The number of H-pyrrole nitrogens is 1. The van der Waals surface area contributed by atoms with E-state index in [1.165, 1.54) is 18.3 Å². The average Bonchev–Trinajstić information content (AvgIpc) is 3.02. The molecule has 0 aliphatic carbocycles. The van der Waals surface area contributed by atoms with Crippen molar-refractivity contribution in [3.8, 4) is 0 Å². The van der Waals surface area contributed by atoms with Gasteiger partial charge in [0.25, 0.3) is 0 Å². The van der Waals surface area contributed by atoms with E-state index in [0.29, 0.717) is 23.4 Å². The molecular formula is C16H16FN7. The fraction of sp³-hybridized carbons (Fsp3) is 0.125. The number of allylic oxidation sites excluding steroid dienone is 2. The summed E-state index contributed by atoms with van der Waals surface area (Å²) < 4.78 is 13.0. The van der Waals surface area contributed by atoms with E-state index in [1.54, 1.807) is 18.2 Å². The molecule has 5 N–H and O–H groups in total. The summed E-state index contributed by atoms with van der Waals surface area (Å²) in [5.74, 6) is 0.0622. The summed E-state index contributed by atoms with van der Waals surface area (Å²) in [6.45, 7) is 1.86. The van der Waals surface area contributed by atoms with E-state index in [1.807, 2.05) is 6.92 Å². The number of halogens is 1. The van der Waals surface area contributed by atoms with E-state index in [2.05, 4.69) is 25.7 Å². The maximum Gasteiger partial charge on any atom is 0.178 e. The van der Waals surface area contributed by atoms with Crippen LogP contribution in [0.5, 0.6) is 0 Å². The molecule has 0 radical (unpaired) electrons. The lowest BCUT2D eigenvalue weighted by Gasteiger charge is -2.11. The molecule has 0 amide bonds. The van der Waals surface area contributed by atoms with Gasteiger partial charge in [0.05, 0.1) is 0 Å². The molecule has 0 atom stereocenters. The molecule has 0 fully saturated rings. The number of nitrogens with zero attached hydrogens (tertiary/aromatic N) is 3. The van der Waals surface area contributed by atoms with Crippen LogP contribution in [0.15, 0.2) is 41.6 Å². The minimum absolute atomic E-state index is 0.296. The molecule has 7 nitrogen and oxygen atoms in total. The van der Waals surface area contributed by atoms with Gasteiger partial charge < -0.3 is 16.5 Å². The standard InChI is InChI=1S/C16H16FN7/c1-9(20-13-4-2-12(17)3-5-13)11(8-18)6-10-7-14(19)21-16-15(10)22-24-23-16/h2-5,7-8,18,20H,6H2,1H3,(H3,19,21,22,23,24)/b11-9-,18-8?. The van der Waals surface area contributed by atoms with Gasteiger partial charge in [-0.15, -0.1) is 5.10 Å². The highest BCUT2D eigenvalue weighted by Crippen LogP contribution is 2.20. The van der Waals surface area contributed by atoms with E-state index in [4.69, 9.17) is 11.1 Å². The van der Waals surface area contributed by atoms with Gasteiger partial charge in [-0.25, -0.2) is 14.5 Å². The molecule has 1 aromatic carbocycles. The van der Waals surface area contributed by atoms with Crippen LogP contribution >= 0.6 is 0 Å². The third kappa shape index (κ3) is 3.22. The number of pyridine rings is 1. The Hall–Kier alpha value is -3.29. The molecular weight excluding hydrogens is 309 g/mol. The lowest BCUT2D eigenvalue weighted by Crippen LogP contribution is -2.05. The molecule has 0 saturated carbocycles. The number of aromatic nitrogens is 4. The smallest absolute Gasteiger partial charge is 0.178 e. The Morgan fingerprint density at radius 1 is 1.38 bits per heavy atom. The molecule has 2 aromatic heterocycles. The zero-order valence-electron chi connectivity index (χ0n) is 13.0. The molecule has 0 aliphatic heterocycles. The Morgan fingerprint density at radius 3 is 2.83 bits per heavy atom. The van der Waals surface area contributed by atoms with Crippen LogP contribution in [0.4, 0.5) is 15.9 Å². The number of nitrogen functional groups attached to an aromatic ring is 1. The summed E-state index contributed by atoms with van der Waals surface area (Å²) in [5, 5.41) is 21.3. The molecule has 0 unspecified atom stereocenters. The summed E-state index contributed by atoms with van der Waals surface area (Å²) in [6.07, 6.45) is 1.72. The van der Waals surface area contributed by atoms with Crippen LogP contribution in [0, 0.1) is 11.2 Å². The summed E-state index contributed by atoms with van der Waals surface area (Å²) in [6, 6.07) is 7.76. The van der Waals surface area contributed by atoms with Crippen molar-refractivity contribution < 1.29 is 4.39 Å². The fourth-order valence-corrected chi connectivity index (χ4v) is 2.39. The highest BCUT2D eigenvalue weighted by Gasteiger charge is 2.11. The number of fused-ring (bicyclic) bond motifs is 1. The third-order valence-electron chi connectivity index (χ3n) is 3.61. The molecule has 0 saturated heterocycles. The van der Waals surface area contributed by atoms with Crippen molar-refractivity contribution >= 4 is 28.9 Å². The molecule has 24 heavy (non-hydrogen) atoms. The molecule has 0 spiro atoms. The van der Waals surface area contributed by atoms with Gasteiger partial charge in [-0.05, 0) is 48.4 Å². The van der Waals surface area contributed by atoms with Gasteiger partial charge in [0.2, 0.25) is 0 Å². The number of anilines is 2. The van der Waals surface area contributed by atoms with Gasteiger partial charge in [0.1, 0.15) is 17.2 Å². The summed E-state index contributed by atoms with van der Waals surface area (Å²) in [7, 11) is 0. The summed E-state index contributed by atoms with van der Waals surface area (Å²) in [5.41, 5.74) is 10.0. The van der Waals surface area contributed by atoms with Crippen molar-refractivity contribution in [3.05, 3.63) is 53.0 Å².